The van der Waals surface area contributed by atoms with Gasteiger partial charge in [0, 0.05) is 29.6 Å². The zero-order valence-corrected chi connectivity index (χ0v) is 19.3. The van der Waals surface area contributed by atoms with Gasteiger partial charge in [-0.1, -0.05) is 30.3 Å². The van der Waals surface area contributed by atoms with Gasteiger partial charge in [0.2, 0.25) is 0 Å². The molecule has 1 fully saturated rings. The number of hydrogen-bond acceptors (Lipinski definition) is 4. The van der Waals surface area contributed by atoms with E-state index in [9.17, 15) is 4.79 Å². The summed E-state index contributed by atoms with van der Waals surface area (Å²) in [7, 11) is 1.63. The SMILES string of the molecule is COc1ccc2[nH]c(=O)c(CN(C[C@H]3CCCO3)C(=S)N[C@@H](C)c3ccccc3)cc2c1. The number of nitrogens with one attached hydrogen (secondary N) is 2. The van der Waals surface area contributed by atoms with E-state index >= 15 is 0 Å². The van der Waals surface area contributed by atoms with Crippen molar-refractivity contribution in [2.45, 2.75) is 38.5 Å². The van der Waals surface area contributed by atoms with Crippen LogP contribution in [-0.4, -0.2) is 41.4 Å². The van der Waals surface area contributed by atoms with E-state index in [1.165, 1.54) is 0 Å². The molecule has 0 bridgehead atoms. The predicted octanol–water partition coefficient (Wildman–Crippen LogP) is 4.15. The number of nitrogens with zero attached hydrogens (tertiary/aromatic N) is 1. The van der Waals surface area contributed by atoms with Crippen LogP contribution in [0, 0.1) is 0 Å². The molecule has 0 spiro atoms. The molecule has 7 heteroatoms. The molecule has 32 heavy (non-hydrogen) atoms. The lowest BCUT2D eigenvalue weighted by atomic mass is 10.1. The molecule has 168 valence electrons. The number of rotatable bonds is 7. The van der Waals surface area contributed by atoms with Crippen LogP contribution >= 0.6 is 12.2 Å². The summed E-state index contributed by atoms with van der Waals surface area (Å²) in [5.41, 5.74) is 2.48. The molecule has 0 radical (unpaired) electrons. The van der Waals surface area contributed by atoms with Crippen LogP contribution in [0.3, 0.4) is 0 Å². The normalized spacial score (nSPS) is 16.6. The van der Waals surface area contributed by atoms with Crippen LogP contribution in [0.5, 0.6) is 5.75 Å². The maximum absolute atomic E-state index is 12.8. The number of aromatic nitrogens is 1. The van der Waals surface area contributed by atoms with Gasteiger partial charge in [0.05, 0.1) is 25.8 Å². The molecule has 0 saturated carbocycles. The number of thiocarbonyl (C=S) groups is 1. The molecule has 2 aromatic carbocycles. The highest BCUT2D eigenvalue weighted by atomic mass is 32.1. The molecule has 1 aliphatic rings. The number of fused-ring (bicyclic) bond motifs is 1. The van der Waals surface area contributed by atoms with Crippen LogP contribution in [0.2, 0.25) is 0 Å². The number of ether oxygens (including phenoxy) is 2. The quantitative estimate of drug-likeness (QED) is 0.526. The van der Waals surface area contributed by atoms with E-state index in [1.807, 2.05) is 47.4 Å². The minimum Gasteiger partial charge on any atom is -0.497 e. The second-order valence-corrected chi connectivity index (χ2v) is 8.56. The zero-order chi connectivity index (χ0) is 22.5. The Balaban J connectivity index is 1.58. The van der Waals surface area contributed by atoms with E-state index in [0.29, 0.717) is 23.8 Å². The van der Waals surface area contributed by atoms with Gasteiger partial charge in [-0.05, 0) is 61.8 Å². The average Bonchev–Trinajstić information content (AvgIpc) is 3.32. The van der Waals surface area contributed by atoms with E-state index in [-0.39, 0.29) is 17.7 Å². The van der Waals surface area contributed by atoms with Gasteiger partial charge >= 0.3 is 0 Å². The highest BCUT2D eigenvalue weighted by Crippen LogP contribution is 2.21. The Kier molecular flexibility index (Phi) is 7.07. The molecule has 6 nitrogen and oxygen atoms in total. The molecule has 0 unspecified atom stereocenters. The average molecular weight is 452 g/mol. The van der Waals surface area contributed by atoms with Crippen LogP contribution < -0.4 is 15.6 Å². The Morgan fingerprint density at radius 3 is 2.81 bits per heavy atom. The fourth-order valence-electron chi connectivity index (χ4n) is 4.03. The second kappa shape index (κ2) is 10.1. The number of pyridine rings is 1. The molecule has 2 N–H and O–H groups in total. The van der Waals surface area contributed by atoms with E-state index in [2.05, 4.69) is 29.4 Å². The number of H-pyrrole nitrogens is 1. The van der Waals surface area contributed by atoms with Gasteiger partial charge in [0.25, 0.3) is 5.56 Å². The first-order valence-electron chi connectivity index (χ1n) is 11.0. The van der Waals surface area contributed by atoms with E-state index < -0.39 is 0 Å². The third-order valence-electron chi connectivity index (χ3n) is 5.86. The van der Waals surface area contributed by atoms with Crippen LogP contribution in [0.4, 0.5) is 0 Å². The van der Waals surface area contributed by atoms with Gasteiger partial charge in [-0.15, -0.1) is 0 Å². The zero-order valence-electron chi connectivity index (χ0n) is 18.5. The van der Waals surface area contributed by atoms with Crippen molar-refractivity contribution < 1.29 is 9.47 Å². The molecular formula is C25H29N3O3S. The summed E-state index contributed by atoms with van der Waals surface area (Å²) in [5, 5.41) is 4.97. The standard InChI is InChI=1S/C25H29N3O3S/c1-17(18-7-4-3-5-8-18)26-25(32)28(16-22-9-6-12-31-22)15-20-13-19-14-21(30-2)10-11-23(19)27-24(20)29/h3-5,7-8,10-11,13-14,17,22H,6,9,12,15-16H2,1-2H3,(H,26,32)(H,27,29)/t17-,22+/m0/s1. The van der Waals surface area contributed by atoms with Gasteiger partial charge in [-0.25, -0.2) is 0 Å². The number of benzene rings is 2. The third kappa shape index (κ3) is 5.29. The Labute approximate surface area is 193 Å². The molecule has 1 saturated heterocycles. The second-order valence-electron chi connectivity index (χ2n) is 8.17. The van der Waals surface area contributed by atoms with Crippen molar-refractivity contribution >= 4 is 28.2 Å². The maximum atomic E-state index is 12.8. The van der Waals surface area contributed by atoms with Crippen molar-refractivity contribution in [1.29, 1.82) is 0 Å². The van der Waals surface area contributed by atoms with Gasteiger partial charge in [-0.2, -0.15) is 0 Å². The molecule has 1 aliphatic heterocycles. The molecule has 2 heterocycles. The number of hydrogen-bond donors (Lipinski definition) is 2. The number of methoxy groups -OCH3 is 1. The lowest BCUT2D eigenvalue weighted by molar-refractivity contribution is 0.0895. The van der Waals surface area contributed by atoms with Crippen LogP contribution in [0.1, 0.15) is 36.9 Å². The van der Waals surface area contributed by atoms with Gasteiger partial charge in [-0.3, -0.25) is 4.79 Å². The van der Waals surface area contributed by atoms with Crippen LogP contribution in [0.25, 0.3) is 10.9 Å². The lowest BCUT2D eigenvalue weighted by Crippen LogP contribution is -2.44. The van der Waals surface area contributed by atoms with Crippen LogP contribution in [-0.2, 0) is 11.3 Å². The Hall–Kier alpha value is -2.90. The molecule has 0 amide bonds. The summed E-state index contributed by atoms with van der Waals surface area (Å²) in [4.78, 5) is 17.8. The Morgan fingerprint density at radius 1 is 1.28 bits per heavy atom. The molecular weight excluding hydrogens is 422 g/mol. The van der Waals surface area contributed by atoms with E-state index in [4.69, 9.17) is 21.7 Å². The highest BCUT2D eigenvalue weighted by molar-refractivity contribution is 7.80. The van der Waals surface area contributed by atoms with Crippen molar-refractivity contribution in [3.8, 4) is 5.75 Å². The summed E-state index contributed by atoms with van der Waals surface area (Å²) in [6, 6.07) is 17.8. The summed E-state index contributed by atoms with van der Waals surface area (Å²) < 4.78 is 11.2. The van der Waals surface area contributed by atoms with Gasteiger partial charge in [0.1, 0.15) is 5.75 Å². The van der Waals surface area contributed by atoms with Crippen molar-refractivity contribution in [2.75, 3.05) is 20.3 Å². The predicted molar refractivity (Wildman–Crippen MR) is 131 cm³/mol. The Morgan fingerprint density at radius 2 is 2.09 bits per heavy atom. The van der Waals surface area contributed by atoms with Crippen molar-refractivity contribution in [2.24, 2.45) is 0 Å². The monoisotopic (exact) mass is 451 g/mol. The van der Waals surface area contributed by atoms with Gasteiger partial charge < -0.3 is 24.7 Å². The third-order valence-corrected chi connectivity index (χ3v) is 6.24. The van der Waals surface area contributed by atoms with Crippen molar-refractivity contribution in [1.82, 2.24) is 15.2 Å². The fraction of sp³-hybridized carbons (Fsp3) is 0.360. The van der Waals surface area contributed by atoms with Crippen LogP contribution in [0.15, 0.2) is 59.4 Å². The summed E-state index contributed by atoms with van der Waals surface area (Å²) in [5.74, 6) is 0.751. The highest BCUT2D eigenvalue weighted by Gasteiger charge is 2.23. The van der Waals surface area contributed by atoms with E-state index in [1.54, 1.807) is 7.11 Å². The molecule has 1 aromatic heterocycles. The summed E-state index contributed by atoms with van der Waals surface area (Å²) in [6.45, 7) is 3.90. The lowest BCUT2D eigenvalue weighted by Gasteiger charge is -2.30. The number of aromatic amines is 1. The minimum atomic E-state index is -0.112. The van der Waals surface area contributed by atoms with Crippen molar-refractivity contribution in [3.05, 3.63) is 76.1 Å². The summed E-state index contributed by atoms with van der Waals surface area (Å²) >= 11 is 5.79. The molecule has 4 rings (SSSR count). The molecule has 2 atom stereocenters. The molecule has 0 aliphatic carbocycles. The smallest absolute Gasteiger partial charge is 0.253 e. The topological polar surface area (TPSA) is 66.6 Å². The van der Waals surface area contributed by atoms with Crippen molar-refractivity contribution in [3.63, 3.8) is 0 Å². The van der Waals surface area contributed by atoms with Gasteiger partial charge in [0.15, 0.2) is 5.11 Å². The molecule has 3 aromatic rings. The first kappa shape index (κ1) is 22.3. The fourth-order valence-corrected chi connectivity index (χ4v) is 4.35. The maximum Gasteiger partial charge on any atom is 0.253 e. The minimum absolute atomic E-state index is 0.0508. The first-order chi connectivity index (χ1) is 15.5. The largest absolute Gasteiger partial charge is 0.497 e. The van der Waals surface area contributed by atoms with E-state index in [0.717, 1.165) is 41.7 Å². The first-order valence-corrected chi connectivity index (χ1v) is 11.4. The summed E-state index contributed by atoms with van der Waals surface area (Å²) in [6.07, 6.45) is 2.16. The Bertz CT molecular complexity index is 1130.